The van der Waals surface area contributed by atoms with Crippen molar-refractivity contribution < 1.29 is 4.79 Å². The fourth-order valence-corrected chi connectivity index (χ4v) is 2.58. The Morgan fingerprint density at radius 2 is 1.94 bits per heavy atom. The van der Waals surface area contributed by atoms with Gasteiger partial charge in [0.2, 0.25) is 0 Å². The monoisotopic (exact) mass is 242 g/mol. The molecule has 0 aliphatic heterocycles. The van der Waals surface area contributed by atoms with Crippen LogP contribution in [-0.4, -0.2) is 5.78 Å². The van der Waals surface area contributed by atoms with Crippen LogP contribution in [0.25, 0.3) is 0 Å². The molecule has 1 aliphatic rings. The number of allylic oxidation sites excluding steroid dienone is 2. The second-order valence-corrected chi connectivity index (χ2v) is 5.58. The molecule has 1 atom stereocenters. The Morgan fingerprint density at radius 1 is 1.22 bits per heavy atom. The third-order valence-corrected chi connectivity index (χ3v) is 4.14. The van der Waals surface area contributed by atoms with Crippen molar-refractivity contribution in [3.05, 3.63) is 46.5 Å². The molecule has 0 unspecified atom stereocenters. The average molecular weight is 242 g/mol. The molecule has 0 saturated carbocycles. The molecule has 0 radical (unpaired) electrons. The van der Waals surface area contributed by atoms with Crippen LogP contribution in [0.15, 0.2) is 35.4 Å². The minimum Gasteiger partial charge on any atom is -0.294 e. The van der Waals surface area contributed by atoms with Gasteiger partial charge in [-0.05, 0) is 52.0 Å². The number of hydrogen-bond acceptors (Lipinski definition) is 1. The molecule has 0 bridgehead atoms. The first-order chi connectivity index (χ1) is 8.59. The van der Waals surface area contributed by atoms with Crippen LogP contribution in [0.1, 0.15) is 56.0 Å². The second-order valence-electron chi connectivity index (χ2n) is 5.58. The molecule has 0 spiro atoms. The summed E-state index contributed by atoms with van der Waals surface area (Å²) in [6.07, 6.45) is 4.14. The summed E-state index contributed by atoms with van der Waals surface area (Å²) >= 11 is 0. The lowest BCUT2D eigenvalue weighted by Gasteiger charge is -2.23. The van der Waals surface area contributed by atoms with Gasteiger partial charge in [-0.25, -0.2) is 0 Å². The van der Waals surface area contributed by atoms with Crippen LogP contribution in [0.3, 0.4) is 0 Å². The zero-order valence-electron chi connectivity index (χ0n) is 11.6. The highest BCUT2D eigenvalue weighted by Gasteiger charge is 2.26. The van der Waals surface area contributed by atoms with Crippen molar-refractivity contribution in [1.29, 1.82) is 0 Å². The molecule has 0 saturated heterocycles. The van der Waals surface area contributed by atoms with Crippen LogP contribution in [0.2, 0.25) is 0 Å². The van der Waals surface area contributed by atoms with E-state index in [4.69, 9.17) is 0 Å². The fraction of sp³-hybridized carbons (Fsp3) is 0.471. The van der Waals surface area contributed by atoms with E-state index in [0.717, 1.165) is 31.2 Å². The van der Waals surface area contributed by atoms with E-state index < -0.39 is 0 Å². The normalized spacial score (nSPS) is 18.4. The van der Waals surface area contributed by atoms with Crippen molar-refractivity contribution in [1.82, 2.24) is 0 Å². The summed E-state index contributed by atoms with van der Waals surface area (Å²) in [5.74, 6) is 0.590. The quantitative estimate of drug-likeness (QED) is 0.710. The molecule has 1 aliphatic carbocycles. The number of benzene rings is 1. The van der Waals surface area contributed by atoms with E-state index in [1.54, 1.807) is 0 Å². The van der Waals surface area contributed by atoms with Gasteiger partial charge in [0.25, 0.3) is 0 Å². The molecular weight excluding hydrogens is 220 g/mol. The third-order valence-electron chi connectivity index (χ3n) is 4.14. The van der Waals surface area contributed by atoms with Crippen LogP contribution < -0.4 is 0 Å². The molecule has 2 rings (SSSR count). The number of hydrogen-bond donors (Lipinski definition) is 0. The molecule has 1 heteroatoms. The van der Waals surface area contributed by atoms with Crippen LogP contribution in [0.5, 0.6) is 0 Å². The van der Waals surface area contributed by atoms with Gasteiger partial charge in [0, 0.05) is 11.5 Å². The Hall–Kier alpha value is -1.37. The molecule has 0 amide bonds. The van der Waals surface area contributed by atoms with E-state index in [9.17, 15) is 4.79 Å². The number of rotatable bonds is 3. The minimum atomic E-state index is 0.231. The van der Waals surface area contributed by atoms with Crippen molar-refractivity contribution in [3.63, 3.8) is 0 Å². The molecule has 1 aromatic rings. The van der Waals surface area contributed by atoms with Crippen molar-refractivity contribution in [2.45, 2.75) is 46.5 Å². The van der Waals surface area contributed by atoms with Gasteiger partial charge >= 0.3 is 0 Å². The van der Waals surface area contributed by atoms with Gasteiger partial charge in [-0.1, -0.05) is 35.4 Å². The molecule has 0 N–H and O–H groups in total. The van der Waals surface area contributed by atoms with Crippen molar-refractivity contribution >= 4 is 5.78 Å². The van der Waals surface area contributed by atoms with Crippen molar-refractivity contribution in [2.75, 3.05) is 0 Å². The van der Waals surface area contributed by atoms with Gasteiger partial charge < -0.3 is 0 Å². The lowest BCUT2D eigenvalue weighted by atomic mass is 9.80. The summed E-state index contributed by atoms with van der Waals surface area (Å²) in [4.78, 5) is 12.4. The van der Waals surface area contributed by atoms with Crippen molar-refractivity contribution in [2.24, 2.45) is 5.92 Å². The third kappa shape index (κ3) is 2.72. The Bertz CT molecular complexity index is 478. The van der Waals surface area contributed by atoms with Gasteiger partial charge in [0.05, 0.1) is 0 Å². The standard InChI is InChI=1S/C17H22O/c1-12(2)13(3)8-9-15-11-10-14-6-4-5-7-16(14)17(15)18/h4-7,15H,8-11H2,1-3H3/t15-/m1/s1. The molecular formula is C17H22O. The maximum atomic E-state index is 12.4. The van der Waals surface area contributed by atoms with Gasteiger partial charge in [0.1, 0.15) is 0 Å². The zero-order chi connectivity index (χ0) is 13.1. The number of Topliss-reactive ketones (excluding diaryl/α,β-unsaturated/α-hetero) is 1. The number of carbonyl (C=O) groups is 1. The van der Waals surface area contributed by atoms with Crippen LogP contribution in [0.4, 0.5) is 0 Å². The number of carbonyl (C=O) groups excluding carboxylic acids is 1. The largest absolute Gasteiger partial charge is 0.294 e. The molecule has 0 heterocycles. The second kappa shape index (κ2) is 5.51. The Kier molecular flexibility index (Phi) is 4.00. The number of aryl methyl sites for hydroxylation is 1. The van der Waals surface area contributed by atoms with Gasteiger partial charge in [0.15, 0.2) is 5.78 Å². The SMILES string of the molecule is CC(C)=C(C)CC[C@@H]1CCc2ccccc2C1=O. The van der Waals surface area contributed by atoms with E-state index in [-0.39, 0.29) is 5.92 Å². The fourth-order valence-electron chi connectivity index (χ4n) is 2.58. The van der Waals surface area contributed by atoms with Crippen LogP contribution in [-0.2, 0) is 6.42 Å². The average Bonchev–Trinajstić information content (AvgIpc) is 2.38. The zero-order valence-corrected chi connectivity index (χ0v) is 11.6. The number of ketones is 1. The summed E-state index contributed by atoms with van der Waals surface area (Å²) in [5, 5.41) is 0. The highest BCUT2D eigenvalue weighted by molar-refractivity contribution is 6.00. The topological polar surface area (TPSA) is 17.1 Å². The van der Waals surface area contributed by atoms with E-state index in [0.29, 0.717) is 5.78 Å². The lowest BCUT2D eigenvalue weighted by Crippen LogP contribution is -2.22. The Balaban J connectivity index is 2.06. The summed E-state index contributed by atoms with van der Waals surface area (Å²) < 4.78 is 0. The highest BCUT2D eigenvalue weighted by atomic mass is 16.1. The Morgan fingerprint density at radius 3 is 2.67 bits per heavy atom. The summed E-state index contributed by atoms with van der Waals surface area (Å²) in [6, 6.07) is 8.07. The molecule has 0 fully saturated rings. The van der Waals surface area contributed by atoms with Crippen LogP contribution >= 0.6 is 0 Å². The van der Waals surface area contributed by atoms with E-state index in [1.807, 2.05) is 18.2 Å². The highest BCUT2D eigenvalue weighted by Crippen LogP contribution is 2.29. The first-order valence-corrected chi connectivity index (χ1v) is 6.84. The predicted octanol–water partition coefficient (Wildman–Crippen LogP) is 4.57. The summed E-state index contributed by atoms with van der Waals surface area (Å²) in [5.41, 5.74) is 5.02. The van der Waals surface area contributed by atoms with Gasteiger partial charge in [-0.2, -0.15) is 0 Å². The van der Waals surface area contributed by atoms with E-state index in [1.165, 1.54) is 16.7 Å². The molecule has 1 nitrogen and oxygen atoms in total. The molecule has 1 aromatic carbocycles. The smallest absolute Gasteiger partial charge is 0.166 e. The maximum Gasteiger partial charge on any atom is 0.166 e. The molecule has 18 heavy (non-hydrogen) atoms. The summed E-state index contributed by atoms with van der Waals surface area (Å²) in [7, 11) is 0. The molecule has 0 aromatic heterocycles. The summed E-state index contributed by atoms with van der Waals surface area (Å²) in [6.45, 7) is 6.47. The Labute approximate surface area is 110 Å². The minimum absolute atomic E-state index is 0.231. The maximum absolute atomic E-state index is 12.4. The van der Waals surface area contributed by atoms with E-state index >= 15 is 0 Å². The number of fused-ring (bicyclic) bond motifs is 1. The van der Waals surface area contributed by atoms with Gasteiger partial charge in [-0.15, -0.1) is 0 Å². The first kappa shape index (κ1) is 13.1. The molecule has 96 valence electrons. The van der Waals surface area contributed by atoms with Crippen LogP contribution in [0, 0.1) is 5.92 Å². The predicted molar refractivity (Wildman–Crippen MR) is 75.9 cm³/mol. The van der Waals surface area contributed by atoms with Crippen molar-refractivity contribution in [3.8, 4) is 0 Å². The first-order valence-electron chi connectivity index (χ1n) is 6.84. The van der Waals surface area contributed by atoms with Gasteiger partial charge in [-0.3, -0.25) is 4.79 Å². The van der Waals surface area contributed by atoms with E-state index in [2.05, 4.69) is 26.8 Å². The lowest BCUT2D eigenvalue weighted by molar-refractivity contribution is 0.0895.